The molecule has 0 saturated carbocycles. The number of rotatable bonds is 4. The van der Waals surface area contributed by atoms with Crippen LogP contribution in [0.3, 0.4) is 0 Å². The van der Waals surface area contributed by atoms with E-state index < -0.39 is 0 Å². The van der Waals surface area contributed by atoms with E-state index in [0.29, 0.717) is 23.8 Å². The summed E-state index contributed by atoms with van der Waals surface area (Å²) in [6.45, 7) is 2.57. The molecule has 108 valence electrons. The molecule has 0 aliphatic carbocycles. The molecular weight excluding hydrogens is 348 g/mol. The number of hydrogen-bond donors (Lipinski definition) is 0. The van der Waals surface area contributed by atoms with Gasteiger partial charge < -0.3 is 4.74 Å². The van der Waals surface area contributed by atoms with E-state index in [1.165, 1.54) is 10.5 Å². The number of aryl methyl sites for hydroxylation is 1. The minimum atomic E-state index is 0.383. The van der Waals surface area contributed by atoms with Crippen LogP contribution in [-0.2, 0) is 0 Å². The first kappa shape index (κ1) is 14.7. The molecule has 0 aromatic heterocycles. The van der Waals surface area contributed by atoms with Crippen LogP contribution in [0.2, 0.25) is 0 Å². The van der Waals surface area contributed by atoms with Crippen molar-refractivity contribution in [2.75, 3.05) is 12.4 Å². The Hall–Kier alpha value is -1.26. The molecule has 2 aromatic rings. The van der Waals surface area contributed by atoms with Gasteiger partial charge in [-0.2, -0.15) is 0 Å². The van der Waals surface area contributed by atoms with Crippen LogP contribution in [0.5, 0.6) is 5.75 Å². The Morgan fingerprint density at radius 3 is 3.00 bits per heavy atom. The third-order valence-electron chi connectivity index (χ3n) is 3.62. The molecule has 2 nitrogen and oxygen atoms in total. The smallest absolute Gasteiger partial charge is 0.153 e. The fourth-order valence-corrected chi connectivity index (χ4v) is 4.41. The number of benzene rings is 2. The Morgan fingerprint density at radius 1 is 1.38 bits per heavy atom. The molecule has 2 aromatic carbocycles. The third kappa shape index (κ3) is 3.01. The fraction of sp³-hybridized carbons (Fsp3) is 0.235. The zero-order valence-corrected chi connectivity index (χ0v) is 14.0. The highest BCUT2D eigenvalue weighted by molar-refractivity contribution is 9.10. The summed E-state index contributed by atoms with van der Waals surface area (Å²) < 4.78 is 6.89. The molecule has 4 heteroatoms. The fourth-order valence-electron chi connectivity index (χ4n) is 2.59. The molecular formula is C17H15BrO2S. The summed E-state index contributed by atoms with van der Waals surface area (Å²) >= 11 is 5.28. The average Bonchev–Trinajstić information content (AvgIpc) is 2.89. The van der Waals surface area contributed by atoms with Crippen molar-refractivity contribution in [3.05, 3.63) is 57.6 Å². The largest absolute Gasteiger partial charge is 0.492 e. The first-order valence-electron chi connectivity index (χ1n) is 6.79. The van der Waals surface area contributed by atoms with Crippen molar-refractivity contribution >= 4 is 34.0 Å². The summed E-state index contributed by atoms with van der Waals surface area (Å²) in [5.41, 5.74) is 2.93. The Balaban J connectivity index is 1.79. The van der Waals surface area contributed by atoms with E-state index >= 15 is 0 Å². The number of carbonyl (C=O) groups excluding carboxylic acids is 1. The molecule has 0 bridgehead atoms. The minimum Gasteiger partial charge on any atom is -0.492 e. The van der Waals surface area contributed by atoms with Crippen molar-refractivity contribution in [3.8, 4) is 5.75 Å². The van der Waals surface area contributed by atoms with E-state index in [2.05, 4.69) is 40.2 Å². The summed E-state index contributed by atoms with van der Waals surface area (Å²) in [5.74, 6) is 2.11. The summed E-state index contributed by atoms with van der Waals surface area (Å²) in [7, 11) is 0. The molecule has 1 heterocycles. The molecule has 1 aliphatic heterocycles. The summed E-state index contributed by atoms with van der Waals surface area (Å²) in [6, 6.07) is 12.2. The molecule has 0 spiro atoms. The lowest BCUT2D eigenvalue weighted by molar-refractivity contribution is 0.111. The van der Waals surface area contributed by atoms with E-state index in [9.17, 15) is 4.79 Å². The monoisotopic (exact) mass is 362 g/mol. The zero-order chi connectivity index (χ0) is 14.8. The number of thioether (sulfide) groups is 1. The Labute approximate surface area is 137 Å². The lowest BCUT2D eigenvalue weighted by Gasteiger charge is -2.16. The number of hydrogen-bond acceptors (Lipinski definition) is 3. The molecule has 1 atom stereocenters. The average molecular weight is 363 g/mol. The van der Waals surface area contributed by atoms with Gasteiger partial charge in [0.1, 0.15) is 5.75 Å². The molecule has 1 aliphatic rings. The third-order valence-corrected chi connectivity index (χ3v) is 5.33. The van der Waals surface area contributed by atoms with Gasteiger partial charge in [0.2, 0.25) is 0 Å². The predicted octanol–water partition coefficient (Wildman–Crippen LogP) is 4.84. The lowest BCUT2D eigenvalue weighted by atomic mass is 10.0. The summed E-state index contributed by atoms with van der Waals surface area (Å²) in [5, 5.41) is 0. The Morgan fingerprint density at radius 2 is 2.19 bits per heavy atom. The van der Waals surface area contributed by atoms with Crippen LogP contribution in [0.25, 0.3) is 0 Å². The maximum atomic E-state index is 11.2. The highest BCUT2D eigenvalue weighted by Crippen LogP contribution is 2.39. The standard InChI is InChI=1S/C17H15BrO2S/c1-11-6-14(18)7-12(8-19)17(11)20-9-13-10-21-16-5-3-2-4-15(13)16/h2-8,13H,9-10H2,1H3. The van der Waals surface area contributed by atoms with Crippen molar-refractivity contribution < 1.29 is 9.53 Å². The van der Waals surface area contributed by atoms with Gasteiger partial charge in [0.05, 0.1) is 12.2 Å². The maximum absolute atomic E-state index is 11.2. The van der Waals surface area contributed by atoms with Crippen molar-refractivity contribution in [2.24, 2.45) is 0 Å². The van der Waals surface area contributed by atoms with Crippen LogP contribution in [0.1, 0.15) is 27.4 Å². The Kier molecular flexibility index (Phi) is 4.36. The van der Waals surface area contributed by atoms with Gasteiger partial charge in [-0.25, -0.2) is 0 Å². The van der Waals surface area contributed by atoms with Crippen LogP contribution >= 0.6 is 27.7 Å². The van der Waals surface area contributed by atoms with Crippen molar-refractivity contribution in [3.63, 3.8) is 0 Å². The molecule has 3 rings (SSSR count). The van der Waals surface area contributed by atoms with E-state index in [-0.39, 0.29) is 0 Å². The van der Waals surface area contributed by atoms with E-state index in [0.717, 1.165) is 22.1 Å². The predicted molar refractivity (Wildman–Crippen MR) is 89.7 cm³/mol. The van der Waals surface area contributed by atoms with Gasteiger partial charge >= 0.3 is 0 Å². The SMILES string of the molecule is Cc1cc(Br)cc(C=O)c1OCC1CSc2ccccc21. The lowest BCUT2D eigenvalue weighted by Crippen LogP contribution is -2.11. The van der Waals surface area contributed by atoms with Gasteiger partial charge in [-0.3, -0.25) is 4.79 Å². The van der Waals surface area contributed by atoms with Gasteiger partial charge in [0, 0.05) is 21.0 Å². The molecule has 1 unspecified atom stereocenters. The first-order chi connectivity index (χ1) is 10.2. The zero-order valence-electron chi connectivity index (χ0n) is 11.6. The number of carbonyl (C=O) groups is 1. The van der Waals surface area contributed by atoms with E-state index in [4.69, 9.17) is 4.74 Å². The van der Waals surface area contributed by atoms with Crippen LogP contribution < -0.4 is 4.74 Å². The second kappa shape index (κ2) is 6.24. The normalized spacial score (nSPS) is 16.6. The minimum absolute atomic E-state index is 0.383. The molecule has 0 radical (unpaired) electrons. The summed E-state index contributed by atoms with van der Waals surface area (Å²) in [6.07, 6.45) is 0.852. The van der Waals surface area contributed by atoms with Crippen LogP contribution in [0.4, 0.5) is 0 Å². The van der Waals surface area contributed by atoms with E-state index in [1.54, 1.807) is 6.07 Å². The highest BCUT2D eigenvalue weighted by atomic mass is 79.9. The van der Waals surface area contributed by atoms with Crippen LogP contribution in [-0.4, -0.2) is 18.6 Å². The van der Waals surface area contributed by atoms with Gasteiger partial charge in [-0.1, -0.05) is 34.1 Å². The van der Waals surface area contributed by atoms with Crippen molar-refractivity contribution in [1.82, 2.24) is 0 Å². The molecule has 0 amide bonds. The summed E-state index contributed by atoms with van der Waals surface area (Å²) in [4.78, 5) is 12.6. The van der Waals surface area contributed by atoms with Crippen LogP contribution in [0, 0.1) is 6.92 Å². The van der Waals surface area contributed by atoms with Gasteiger partial charge in [-0.05, 0) is 36.2 Å². The second-order valence-electron chi connectivity index (χ2n) is 5.12. The molecule has 0 N–H and O–H groups in total. The van der Waals surface area contributed by atoms with Gasteiger partial charge in [-0.15, -0.1) is 11.8 Å². The Bertz CT molecular complexity index is 684. The maximum Gasteiger partial charge on any atom is 0.153 e. The first-order valence-corrected chi connectivity index (χ1v) is 8.56. The van der Waals surface area contributed by atoms with Gasteiger partial charge in [0.25, 0.3) is 0 Å². The quantitative estimate of drug-likeness (QED) is 0.728. The van der Waals surface area contributed by atoms with E-state index in [1.807, 2.05) is 24.8 Å². The van der Waals surface area contributed by atoms with Crippen molar-refractivity contribution in [1.29, 1.82) is 0 Å². The van der Waals surface area contributed by atoms with Crippen molar-refractivity contribution in [2.45, 2.75) is 17.7 Å². The highest BCUT2D eigenvalue weighted by Gasteiger charge is 2.23. The number of aldehydes is 1. The molecule has 0 fully saturated rings. The van der Waals surface area contributed by atoms with Crippen LogP contribution in [0.15, 0.2) is 45.8 Å². The number of halogens is 1. The molecule has 0 saturated heterocycles. The molecule has 21 heavy (non-hydrogen) atoms. The number of fused-ring (bicyclic) bond motifs is 1. The second-order valence-corrected chi connectivity index (χ2v) is 7.09. The van der Waals surface area contributed by atoms with Gasteiger partial charge in [0.15, 0.2) is 6.29 Å². The topological polar surface area (TPSA) is 26.3 Å². The number of ether oxygens (including phenoxy) is 1.